The second-order valence-electron chi connectivity index (χ2n) is 5.73. The zero-order chi connectivity index (χ0) is 15.0. The highest BCUT2D eigenvalue weighted by molar-refractivity contribution is 7.92. The summed E-state index contributed by atoms with van der Waals surface area (Å²) in [5.41, 5.74) is 6.72. The standard InChI is InChI=1S/C14H20N2O3S/c1-14(2)10-16(8-9-20(14,18)19)13(17)12(15)11-6-4-3-5-7-11/h3-7,12H,8-10,15H2,1-2H3/t12-/m1/s1. The number of carbonyl (C=O) groups is 1. The summed E-state index contributed by atoms with van der Waals surface area (Å²) in [6.07, 6.45) is 0. The van der Waals surface area contributed by atoms with Crippen molar-refractivity contribution in [3.05, 3.63) is 35.9 Å². The van der Waals surface area contributed by atoms with Gasteiger partial charge in [-0.2, -0.15) is 0 Å². The van der Waals surface area contributed by atoms with Crippen LogP contribution in [0.1, 0.15) is 25.5 Å². The van der Waals surface area contributed by atoms with Gasteiger partial charge in [-0.25, -0.2) is 8.42 Å². The molecule has 1 amide bonds. The molecule has 1 aromatic carbocycles. The van der Waals surface area contributed by atoms with Gasteiger partial charge >= 0.3 is 0 Å². The lowest BCUT2D eigenvalue weighted by Crippen LogP contribution is -2.56. The van der Waals surface area contributed by atoms with Crippen LogP contribution in [0.4, 0.5) is 0 Å². The van der Waals surface area contributed by atoms with Crippen LogP contribution in [0.25, 0.3) is 0 Å². The molecule has 1 aromatic rings. The van der Waals surface area contributed by atoms with Gasteiger partial charge in [0.2, 0.25) is 5.91 Å². The fourth-order valence-corrected chi connectivity index (χ4v) is 3.70. The SMILES string of the molecule is CC1(C)CN(C(=O)[C@H](N)c2ccccc2)CCS1(=O)=O. The van der Waals surface area contributed by atoms with Crippen molar-refractivity contribution in [2.45, 2.75) is 24.6 Å². The lowest BCUT2D eigenvalue weighted by Gasteiger charge is -2.38. The third-order valence-electron chi connectivity index (χ3n) is 3.78. The molecule has 1 aliphatic heterocycles. The van der Waals surface area contributed by atoms with E-state index in [0.29, 0.717) is 0 Å². The molecule has 6 heteroatoms. The van der Waals surface area contributed by atoms with E-state index < -0.39 is 20.6 Å². The van der Waals surface area contributed by atoms with Gasteiger partial charge in [0, 0.05) is 13.1 Å². The van der Waals surface area contributed by atoms with Crippen LogP contribution >= 0.6 is 0 Å². The van der Waals surface area contributed by atoms with E-state index in [0.717, 1.165) is 5.56 Å². The summed E-state index contributed by atoms with van der Waals surface area (Å²) >= 11 is 0. The van der Waals surface area contributed by atoms with Crippen molar-refractivity contribution in [3.8, 4) is 0 Å². The van der Waals surface area contributed by atoms with Gasteiger partial charge in [0.1, 0.15) is 6.04 Å². The number of sulfone groups is 1. The Labute approximate surface area is 119 Å². The number of hydrogen-bond donors (Lipinski definition) is 1. The molecule has 20 heavy (non-hydrogen) atoms. The Morgan fingerprint density at radius 2 is 1.90 bits per heavy atom. The largest absolute Gasteiger partial charge is 0.338 e. The third-order valence-corrected chi connectivity index (χ3v) is 6.31. The molecule has 2 N–H and O–H groups in total. The van der Waals surface area contributed by atoms with E-state index in [1.807, 2.05) is 18.2 Å². The second-order valence-corrected chi connectivity index (χ2v) is 8.47. The van der Waals surface area contributed by atoms with Crippen LogP contribution in [0.3, 0.4) is 0 Å². The maximum absolute atomic E-state index is 12.4. The van der Waals surface area contributed by atoms with Crippen molar-refractivity contribution in [2.24, 2.45) is 5.73 Å². The summed E-state index contributed by atoms with van der Waals surface area (Å²) in [7, 11) is -3.15. The predicted octanol–water partition coefficient (Wildman–Crippen LogP) is 0.722. The van der Waals surface area contributed by atoms with Gasteiger partial charge in [-0.15, -0.1) is 0 Å². The first-order valence-corrected chi connectivity index (χ1v) is 8.21. The highest BCUT2D eigenvalue weighted by Crippen LogP contribution is 2.25. The van der Waals surface area contributed by atoms with Gasteiger partial charge in [-0.05, 0) is 19.4 Å². The first kappa shape index (κ1) is 15.0. The molecule has 1 saturated heterocycles. The van der Waals surface area contributed by atoms with E-state index in [9.17, 15) is 13.2 Å². The molecule has 0 bridgehead atoms. The van der Waals surface area contributed by atoms with Crippen molar-refractivity contribution in [1.29, 1.82) is 0 Å². The number of hydrogen-bond acceptors (Lipinski definition) is 4. The van der Waals surface area contributed by atoms with Gasteiger partial charge in [0.25, 0.3) is 0 Å². The molecule has 0 spiro atoms. The monoisotopic (exact) mass is 296 g/mol. The predicted molar refractivity (Wildman–Crippen MR) is 77.8 cm³/mol. The molecule has 0 unspecified atom stereocenters. The molecule has 0 saturated carbocycles. The molecular weight excluding hydrogens is 276 g/mol. The lowest BCUT2D eigenvalue weighted by molar-refractivity contribution is -0.133. The third kappa shape index (κ3) is 2.71. The van der Waals surface area contributed by atoms with E-state index in [1.165, 1.54) is 0 Å². The van der Waals surface area contributed by atoms with E-state index in [4.69, 9.17) is 5.73 Å². The van der Waals surface area contributed by atoms with Gasteiger partial charge < -0.3 is 10.6 Å². The van der Waals surface area contributed by atoms with Crippen molar-refractivity contribution < 1.29 is 13.2 Å². The van der Waals surface area contributed by atoms with Crippen molar-refractivity contribution in [1.82, 2.24) is 4.90 Å². The number of amides is 1. The first-order valence-electron chi connectivity index (χ1n) is 6.56. The van der Waals surface area contributed by atoms with Crippen LogP contribution in [-0.4, -0.2) is 42.8 Å². The Hall–Kier alpha value is -1.40. The van der Waals surface area contributed by atoms with Gasteiger partial charge in [-0.3, -0.25) is 4.79 Å². The fourth-order valence-electron chi connectivity index (χ4n) is 2.33. The highest BCUT2D eigenvalue weighted by Gasteiger charge is 2.42. The summed E-state index contributed by atoms with van der Waals surface area (Å²) in [6.45, 7) is 3.70. The van der Waals surface area contributed by atoms with E-state index in [2.05, 4.69) is 0 Å². The number of carbonyl (C=O) groups excluding carboxylic acids is 1. The number of benzene rings is 1. The smallest absolute Gasteiger partial charge is 0.244 e. The molecule has 5 nitrogen and oxygen atoms in total. The summed E-state index contributed by atoms with van der Waals surface area (Å²) in [5, 5.41) is 0. The number of nitrogens with zero attached hydrogens (tertiary/aromatic N) is 1. The molecule has 0 radical (unpaired) electrons. The maximum atomic E-state index is 12.4. The van der Waals surface area contributed by atoms with Crippen LogP contribution < -0.4 is 5.73 Å². The molecule has 0 aliphatic carbocycles. The average molecular weight is 296 g/mol. The topological polar surface area (TPSA) is 80.5 Å². The van der Waals surface area contributed by atoms with Crippen molar-refractivity contribution in [2.75, 3.05) is 18.8 Å². The van der Waals surface area contributed by atoms with Crippen molar-refractivity contribution >= 4 is 15.7 Å². The van der Waals surface area contributed by atoms with Crippen LogP contribution in [0, 0.1) is 0 Å². The Morgan fingerprint density at radius 3 is 2.45 bits per heavy atom. The van der Waals surface area contributed by atoms with E-state index in [-0.39, 0.29) is 24.7 Å². The Kier molecular flexibility index (Phi) is 3.88. The molecule has 1 atom stereocenters. The van der Waals surface area contributed by atoms with Crippen LogP contribution in [0.5, 0.6) is 0 Å². The Balaban J connectivity index is 2.16. The zero-order valence-electron chi connectivity index (χ0n) is 11.7. The maximum Gasteiger partial charge on any atom is 0.244 e. The molecule has 2 rings (SSSR count). The minimum absolute atomic E-state index is 0.00670. The molecule has 110 valence electrons. The Morgan fingerprint density at radius 1 is 1.30 bits per heavy atom. The minimum Gasteiger partial charge on any atom is -0.338 e. The van der Waals surface area contributed by atoms with Gasteiger partial charge in [-0.1, -0.05) is 30.3 Å². The quantitative estimate of drug-likeness (QED) is 0.872. The van der Waals surface area contributed by atoms with E-state index >= 15 is 0 Å². The molecule has 1 heterocycles. The normalized spacial score (nSPS) is 22.2. The van der Waals surface area contributed by atoms with Crippen LogP contribution in [0.2, 0.25) is 0 Å². The van der Waals surface area contributed by atoms with E-state index in [1.54, 1.807) is 30.9 Å². The van der Waals surface area contributed by atoms with Gasteiger partial charge in [0.15, 0.2) is 9.84 Å². The zero-order valence-corrected chi connectivity index (χ0v) is 12.6. The number of nitrogens with two attached hydrogens (primary N) is 1. The molecule has 1 aliphatic rings. The summed E-state index contributed by atoms with van der Waals surface area (Å²) in [4.78, 5) is 14.0. The first-order chi connectivity index (χ1) is 9.24. The minimum atomic E-state index is -3.15. The number of rotatable bonds is 2. The fraction of sp³-hybridized carbons (Fsp3) is 0.500. The summed E-state index contributed by atoms with van der Waals surface area (Å²) in [5.74, 6) is -0.230. The van der Waals surface area contributed by atoms with Crippen molar-refractivity contribution in [3.63, 3.8) is 0 Å². The second kappa shape index (κ2) is 5.18. The lowest BCUT2D eigenvalue weighted by atomic mass is 10.1. The molecule has 0 aromatic heterocycles. The highest BCUT2D eigenvalue weighted by atomic mass is 32.2. The van der Waals surface area contributed by atoms with Gasteiger partial charge in [0.05, 0.1) is 10.5 Å². The molecule has 1 fully saturated rings. The Bertz CT molecular complexity index is 596. The van der Waals surface area contributed by atoms with Crippen LogP contribution in [-0.2, 0) is 14.6 Å². The summed E-state index contributed by atoms with van der Waals surface area (Å²) in [6, 6.07) is 8.37. The summed E-state index contributed by atoms with van der Waals surface area (Å²) < 4.78 is 23.0. The average Bonchev–Trinajstić information content (AvgIpc) is 2.41. The molecular formula is C14H20N2O3S. The van der Waals surface area contributed by atoms with Crippen LogP contribution in [0.15, 0.2) is 30.3 Å².